The third kappa shape index (κ3) is 8.81. The smallest absolute Gasteiger partial charge is 0.871 e. The summed E-state index contributed by atoms with van der Waals surface area (Å²) in [4.78, 5) is 0. The molecule has 0 fully saturated rings. The van der Waals surface area contributed by atoms with Gasteiger partial charge in [-0.25, -0.2) is 0 Å². The summed E-state index contributed by atoms with van der Waals surface area (Å²) in [6.07, 6.45) is 0. The summed E-state index contributed by atoms with van der Waals surface area (Å²) in [5, 5.41) is 33.1. The van der Waals surface area contributed by atoms with Gasteiger partial charge in [0.05, 0.1) is 30.1 Å². The molecule has 0 atom stereocenters. The van der Waals surface area contributed by atoms with Crippen molar-refractivity contribution in [1.82, 2.24) is 0 Å². The Morgan fingerprint density at radius 1 is 0.429 bits per heavy atom. The van der Waals surface area contributed by atoms with Crippen molar-refractivity contribution in [3.8, 4) is 17.2 Å². The summed E-state index contributed by atoms with van der Waals surface area (Å²) in [5.74, 6) is -0.697. The molecule has 0 aliphatic heterocycles. The number of benzene rings is 3. The van der Waals surface area contributed by atoms with E-state index in [0.29, 0.717) is 15.1 Å². The first kappa shape index (κ1) is 27.4. The molecule has 3 aromatic rings. The standard InChI is InChI=1S/3C6H4Cl2O.V/c3*7-4-2-1-3-5(9)6(4)8;/h3*1-3,9H;/q;;;+3/p-3. The number of hydrogen-bond acceptors (Lipinski definition) is 3. The summed E-state index contributed by atoms with van der Waals surface area (Å²) in [5.41, 5.74) is 0. The van der Waals surface area contributed by atoms with Crippen molar-refractivity contribution in [2.24, 2.45) is 0 Å². The van der Waals surface area contributed by atoms with Gasteiger partial charge in [0.2, 0.25) is 0 Å². The number of hydrogen-bond donors (Lipinski definition) is 0. The van der Waals surface area contributed by atoms with E-state index in [0.717, 1.165) is 0 Å². The first-order chi connectivity index (χ1) is 12.6. The van der Waals surface area contributed by atoms with Crippen LogP contribution in [0.25, 0.3) is 0 Å². The van der Waals surface area contributed by atoms with Gasteiger partial charge in [-0.2, -0.15) is 0 Å². The molecule has 3 rings (SSSR count). The van der Waals surface area contributed by atoms with Crippen molar-refractivity contribution >= 4 is 69.6 Å². The fraction of sp³-hybridized carbons (Fsp3) is 0. The van der Waals surface area contributed by atoms with Crippen LogP contribution in [0.1, 0.15) is 0 Å². The maximum absolute atomic E-state index is 10.6. The van der Waals surface area contributed by atoms with Crippen LogP contribution in [-0.4, -0.2) is 0 Å². The normalized spacial score (nSPS) is 9.21. The molecule has 0 amide bonds. The average Bonchev–Trinajstić information content (AvgIpc) is 2.63. The molecule has 0 radical (unpaired) electrons. The minimum Gasteiger partial charge on any atom is -0.871 e. The fourth-order valence-corrected chi connectivity index (χ4v) is 2.33. The minimum atomic E-state index is -0.232. The largest absolute Gasteiger partial charge is 3.00 e. The van der Waals surface area contributed by atoms with Gasteiger partial charge in [-0.05, 0) is 18.2 Å². The second-order valence-electron chi connectivity index (χ2n) is 4.66. The van der Waals surface area contributed by atoms with Crippen molar-refractivity contribution in [1.29, 1.82) is 0 Å². The summed E-state index contributed by atoms with van der Waals surface area (Å²) < 4.78 is 0. The summed E-state index contributed by atoms with van der Waals surface area (Å²) in [6.45, 7) is 0. The van der Waals surface area contributed by atoms with Crippen LogP contribution in [0.4, 0.5) is 0 Å². The van der Waals surface area contributed by atoms with Crippen molar-refractivity contribution in [3.05, 3.63) is 84.7 Å². The Morgan fingerprint density at radius 2 is 0.643 bits per heavy atom. The molecule has 146 valence electrons. The van der Waals surface area contributed by atoms with Gasteiger partial charge < -0.3 is 15.3 Å². The van der Waals surface area contributed by atoms with E-state index in [2.05, 4.69) is 0 Å². The zero-order valence-corrected chi connectivity index (χ0v) is 19.6. The Hall–Kier alpha value is -0.616. The Morgan fingerprint density at radius 3 is 0.786 bits per heavy atom. The Labute approximate surface area is 204 Å². The molecule has 3 nitrogen and oxygen atoms in total. The number of halogens is 6. The third-order valence-electron chi connectivity index (χ3n) is 2.75. The van der Waals surface area contributed by atoms with Gasteiger partial charge in [-0.15, -0.1) is 0 Å². The maximum atomic E-state index is 10.6. The van der Waals surface area contributed by atoms with Gasteiger partial charge in [0.15, 0.2) is 0 Å². The van der Waals surface area contributed by atoms with Crippen LogP contribution in [0, 0.1) is 0 Å². The van der Waals surface area contributed by atoms with E-state index in [9.17, 15) is 15.3 Å². The topological polar surface area (TPSA) is 69.2 Å². The van der Waals surface area contributed by atoms with Crippen LogP contribution in [0.2, 0.25) is 30.1 Å². The third-order valence-corrected chi connectivity index (χ3v) is 5.15. The van der Waals surface area contributed by atoms with Crippen LogP contribution in [-0.2, 0) is 18.6 Å². The van der Waals surface area contributed by atoms with Gasteiger partial charge in [0.1, 0.15) is 0 Å². The minimum absolute atomic E-state index is 0. The summed E-state index contributed by atoms with van der Waals surface area (Å²) in [7, 11) is 0. The molecule has 0 spiro atoms. The van der Waals surface area contributed by atoms with Crippen molar-refractivity contribution in [2.75, 3.05) is 0 Å². The monoisotopic (exact) mass is 534 g/mol. The van der Waals surface area contributed by atoms with Crippen molar-refractivity contribution in [3.63, 3.8) is 0 Å². The van der Waals surface area contributed by atoms with Gasteiger partial charge in [0, 0.05) is 0 Å². The van der Waals surface area contributed by atoms with Crippen LogP contribution in [0.15, 0.2) is 54.6 Å². The molecule has 0 bridgehead atoms. The van der Waals surface area contributed by atoms with E-state index in [1.165, 1.54) is 18.2 Å². The number of rotatable bonds is 0. The zero-order chi connectivity index (χ0) is 20.6. The molecule has 28 heavy (non-hydrogen) atoms. The fourth-order valence-electron chi connectivity index (χ4n) is 1.45. The van der Waals surface area contributed by atoms with Crippen LogP contribution >= 0.6 is 69.6 Å². The molecule has 0 aliphatic carbocycles. The molecule has 0 N–H and O–H groups in total. The maximum Gasteiger partial charge on any atom is 3.00 e. The van der Waals surface area contributed by atoms with E-state index in [1.54, 1.807) is 36.4 Å². The zero-order valence-electron chi connectivity index (χ0n) is 13.6. The second-order valence-corrected chi connectivity index (χ2v) is 7.01. The van der Waals surface area contributed by atoms with E-state index < -0.39 is 0 Å². The molecule has 0 saturated carbocycles. The predicted molar refractivity (Wildman–Crippen MR) is 108 cm³/mol. The Kier molecular flexibility index (Phi) is 13.3. The van der Waals surface area contributed by atoms with Gasteiger partial charge in [-0.3, -0.25) is 0 Å². The van der Waals surface area contributed by atoms with E-state index in [4.69, 9.17) is 69.6 Å². The van der Waals surface area contributed by atoms with Gasteiger partial charge in [0.25, 0.3) is 0 Å². The molecule has 0 saturated heterocycles. The first-order valence-electron chi connectivity index (χ1n) is 6.98. The molecular formula is C18H9Cl6O3V. The predicted octanol–water partition coefficient (Wildman–Crippen LogP) is 6.20. The first-order valence-corrected chi connectivity index (χ1v) is 9.25. The molecule has 0 aliphatic rings. The van der Waals surface area contributed by atoms with Crippen molar-refractivity contribution in [2.45, 2.75) is 0 Å². The Bertz CT molecular complexity index is 730. The summed E-state index contributed by atoms with van der Waals surface area (Å²) >= 11 is 32.7. The van der Waals surface area contributed by atoms with Crippen molar-refractivity contribution < 1.29 is 33.9 Å². The Balaban J connectivity index is 0.000000384. The molecular weight excluding hydrogens is 528 g/mol. The molecule has 0 aromatic heterocycles. The molecule has 3 aromatic carbocycles. The van der Waals surface area contributed by atoms with E-state index >= 15 is 0 Å². The van der Waals surface area contributed by atoms with Crippen LogP contribution in [0.5, 0.6) is 17.2 Å². The molecule has 10 heteroatoms. The van der Waals surface area contributed by atoms with Gasteiger partial charge >= 0.3 is 18.6 Å². The van der Waals surface area contributed by atoms with Gasteiger partial charge in [-0.1, -0.05) is 123 Å². The van der Waals surface area contributed by atoms with E-state index in [-0.39, 0.29) is 50.9 Å². The quantitative estimate of drug-likeness (QED) is 0.343. The molecule has 0 heterocycles. The second kappa shape index (κ2) is 13.6. The molecule has 0 unspecified atom stereocenters. The average molecular weight is 537 g/mol. The summed E-state index contributed by atoms with van der Waals surface area (Å²) in [6, 6.07) is 13.5. The van der Waals surface area contributed by atoms with Crippen LogP contribution < -0.4 is 15.3 Å². The SMILES string of the molecule is [O-]c1cccc(Cl)c1Cl.[O-]c1cccc(Cl)c1Cl.[O-]c1cccc(Cl)c1Cl.[V+3]. The van der Waals surface area contributed by atoms with E-state index in [1.807, 2.05) is 0 Å². The van der Waals surface area contributed by atoms with Crippen LogP contribution in [0.3, 0.4) is 0 Å².